The quantitative estimate of drug-likeness (QED) is 0.527. The standard InChI is InChI=1S/C9H14ClN2/c1-12(2,3)7-4-5-8(10)9(11)6-7/h4-6H,11H2,1-3H3/q+1. The van der Waals surface area contributed by atoms with Crippen molar-refractivity contribution in [2.24, 2.45) is 0 Å². The number of benzene rings is 1. The van der Waals surface area contributed by atoms with Crippen LogP contribution in [0, 0.1) is 0 Å². The summed E-state index contributed by atoms with van der Waals surface area (Å²) in [6.07, 6.45) is 0. The molecule has 0 unspecified atom stereocenters. The van der Waals surface area contributed by atoms with Crippen molar-refractivity contribution in [2.75, 3.05) is 26.9 Å². The van der Waals surface area contributed by atoms with Crippen LogP contribution in [0.3, 0.4) is 0 Å². The van der Waals surface area contributed by atoms with Crippen molar-refractivity contribution in [2.45, 2.75) is 0 Å². The molecule has 0 saturated carbocycles. The normalized spacial score (nSPS) is 11.7. The third-order valence-corrected chi connectivity index (χ3v) is 2.10. The highest BCUT2D eigenvalue weighted by atomic mass is 35.5. The number of rotatable bonds is 1. The van der Waals surface area contributed by atoms with Crippen molar-refractivity contribution in [3.05, 3.63) is 23.2 Å². The van der Waals surface area contributed by atoms with Gasteiger partial charge in [-0.2, -0.15) is 0 Å². The van der Waals surface area contributed by atoms with E-state index in [0.29, 0.717) is 10.7 Å². The smallest absolute Gasteiger partial charge is 0.134 e. The molecular weight excluding hydrogens is 172 g/mol. The van der Waals surface area contributed by atoms with Crippen LogP contribution in [0.25, 0.3) is 0 Å². The summed E-state index contributed by atoms with van der Waals surface area (Å²) in [5.41, 5.74) is 7.47. The average Bonchev–Trinajstić information content (AvgIpc) is 1.92. The Balaban J connectivity index is 3.14. The zero-order chi connectivity index (χ0) is 9.35. The van der Waals surface area contributed by atoms with E-state index in [9.17, 15) is 0 Å². The number of halogens is 1. The number of nitrogens with zero attached hydrogens (tertiary/aromatic N) is 1. The van der Waals surface area contributed by atoms with Crippen molar-refractivity contribution in [3.63, 3.8) is 0 Å². The second-order valence-electron chi connectivity index (χ2n) is 3.72. The molecule has 0 aliphatic heterocycles. The summed E-state index contributed by atoms with van der Waals surface area (Å²) in [7, 11) is 6.26. The molecule has 2 nitrogen and oxygen atoms in total. The Bertz CT molecular complexity index is 289. The lowest BCUT2D eigenvalue weighted by atomic mass is 10.2. The molecule has 0 amide bonds. The van der Waals surface area contributed by atoms with Gasteiger partial charge in [0, 0.05) is 12.1 Å². The summed E-state index contributed by atoms with van der Waals surface area (Å²) >= 11 is 5.80. The number of hydrogen-bond donors (Lipinski definition) is 1. The number of hydrogen-bond acceptors (Lipinski definition) is 1. The molecule has 0 aliphatic rings. The van der Waals surface area contributed by atoms with E-state index in [0.717, 1.165) is 10.2 Å². The lowest BCUT2D eigenvalue weighted by Crippen LogP contribution is -2.34. The molecule has 1 aromatic carbocycles. The van der Waals surface area contributed by atoms with Gasteiger partial charge in [-0.3, -0.25) is 4.48 Å². The first kappa shape index (κ1) is 9.36. The molecule has 0 atom stereocenters. The molecule has 1 rings (SSSR count). The first-order chi connectivity index (χ1) is 5.41. The molecule has 66 valence electrons. The monoisotopic (exact) mass is 185 g/mol. The van der Waals surface area contributed by atoms with Crippen LogP contribution >= 0.6 is 11.6 Å². The zero-order valence-corrected chi connectivity index (χ0v) is 8.39. The maximum Gasteiger partial charge on any atom is 0.134 e. The Morgan fingerprint density at radius 1 is 1.25 bits per heavy atom. The highest BCUT2D eigenvalue weighted by molar-refractivity contribution is 6.33. The van der Waals surface area contributed by atoms with Gasteiger partial charge < -0.3 is 5.73 Å². The molecule has 0 aliphatic carbocycles. The summed E-state index contributed by atoms with van der Waals surface area (Å²) in [6, 6.07) is 5.72. The topological polar surface area (TPSA) is 26.0 Å². The third-order valence-electron chi connectivity index (χ3n) is 1.75. The molecule has 0 bridgehead atoms. The fourth-order valence-corrected chi connectivity index (χ4v) is 1.07. The van der Waals surface area contributed by atoms with E-state index in [-0.39, 0.29) is 0 Å². The molecule has 3 heteroatoms. The molecule has 1 aromatic rings. The molecule has 12 heavy (non-hydrogen) atoms. The van der Waals surface area contributed by atoms with Crippen LogP contribution in [0.1, 0.15) is 0 Å². The van der Waals surface area contributed by atoms with E-state index >= 15 is 0 Å². The predicted molar refractivity (Wildman–Crippen MR) is 55.4 cm³/mol. The third kappa shape index (κ3) is 1.90. The highest BCUT2D eigenvalue weighted by Crippen LogP contribution is 2.25. The number of nitrogens with two attached hydrogens (primary N) is 1. The Labute approximate surface area is 78.1 Å². The lowest BCUT2D eigenvalue weighted by Gasteiger charge is -2.23. The summed E-state index contributed by atoms with van der Waals surface area (Å²) in [4.78, 5) is 0. The van der Waals surface area contributed by atoms with Crippen LogP contribution in [0.15, 0.2) is 18.2 Å². The largest absolute Gasteiger partial charge is 0.397 e. The number of anilines is 1. The van der Waals surface area contributed by atoms with Gasteiger partial charge in [-0.05, 0) is 6.07 Å². The molecule has 0 heterocycles. The van der Waals surface area contributed by atoms with Gasteiger partial charge in [0.05, 0.1) is 31.9 Å². The van der Waals surface area contributed by atoms with Crippen LogP contribution in [-0.2, 0) is 0 Å². The summed E-state index contributed by atoms with van der Waals surface area (Å²) in [5.74, 6) is 0. The minimum absolute atomic E-state index is 0.618. The molecule has 0 spiro atoms. The maximum atomic E-state index is 5.80. The van der Waals surface area contributed by atoms with E-state index in [4.69, 9.17) is 17.3 Å². The molecule has 0 fully saturated rings. The van der Waals surface area contributed by atoms with Crippen molar-refractivity contribution in [1.82, 2.24) is 4.48 Å². The second-order valence-corrected chi connectivity index (χ2v) is 4.13. The maximum absolute atomic E-state index is 5.80. The van der Waals surface area contributed by atoms with Crippen molar-refractivity contribution < 1.29 is 0 Å². The van der Waals surface area contributed by atoms with Crippen LogP contribution in [0.4, 0.5) is 11.4 Å². The fourth-order valence-electron chi connectivity index (χ4n) is 0.948. The van der Waals surface area contributed by atoms with Crippen LogP contribution in [0.2, 0.25) is 5.02 Å². The van der Waals surface area contributed by atoms with Crippen molar-refractivity contribution >= 4 is 23.0 Å². The lowest BCUT2D eigenvalue weighted by molar-refractivity contribution is 0.486. The Kier molecular flexibility index (Phi) is 2.31. The van der Waals surface area contributed by atoms with E-state index in [1.54, 1.807) is 0 Å². The van der Waals surface area contributed by atoms with E-state index < -0.39 is 0 Å². The summed E-state index contributed by atoms with van der Waals surface area (Å²) < 4.78 is 0.751. The van der Waals surface area contributed by atoms with Gasteiger partial charge in [0.1, 0.15) is 5.69 Å². The molecule has 2 N–H and O–H groups in total. The Hall–Kier alpha value is -0.730. The van der Waals surface area contributed by atoms with Crippen LogP contribution in [0.5, 0.6) is 0 Å². The Morgan fingerprint density at radius 2 is 1.83 bits per heavy atom. The van der Waals surface area contributed by atoms with E-state index in [1.807, 2.05) is 18.2 Å². The zero-order valence-electron chi connectivity index (χ0n) is 7.63. The second kappa shape index (κ2) is 2.96. The van der Waals surface area contributed by atoms with Gasteiger partial charge in [0.2, 0.25) is 0 Å². The first-order valence-electron chi connectivity index (χ1n) is 3.78. The summed E-state index contributed by atoms with van der Waals surface area (Å²) in [6.45, 7) is 0. The molecule has 0 aromatic heterocycles. The average molecular weight is 186 g/mol. The predicted octanol–water partition coefficient (Wildman–Crippen LogP) is 2.12. The summed E-state index contributed by atoms with van der Waals surface area (Å²) in [5, 5.41) is 0.618. The van der Waals surface area contributed by atoms with Crippen LogP contribution in [-0.4, -0.2) is 21.1 Å². The molecule has 0 saturated heterocycles. The van der Waals surface area contributed by atoms with Crippen LogP contribution < -0.4 is 10.2 Å². The minimum atomic E-state index is 0.618. The van der Waals surface area contributed by atoms with Gasteiger partial charge in [-0.1, -0.05) is 11.6 Å². The van der Waals surface area contributed by atoms with Gasteiger partial charge in [-0.15, -0.1) is 0 Å². The number of quaternary nitrogens is 1. The number of nitrogen functional groups attached to an aromatic ring is 1. The fraction of sp³-hybridized carbons (Fsp3) is 0.333. The van der Waals surface area contributed by atoms with Gasteiger partial charge in [-0.25, -0.2) is 0 Å². The van der Waals surface area contributed by atoms with Gasteiger partial charge >= 0.3 is 0 Å². The van der Waals surface area contributed by atoms with Crippen molar-refractivity contribution in [3.8, 4) is 0 Å². The van der Waals surface area contributed by atoms with Gasteiger partial charge in [0.25, 0.3) is 0 Å². The van der Waals surface area contributed by atoms with Crippen molar-refractivity contribution in [1.29, 1.82) is 0 Å². The minimum Gasteiger partial charge on any atom is -0.397 e. The SMILES string of the molecule is C[N+](C)(C)c1ccc(Cl)c(N)c1. The Morgan fingerprint density at radius 3 is 2.25 bits per heavy atom. The first-order valence-corrected chi connectivity index (χ1v) is 4.16. The highest BCUT2D eigenvalue weighted by Gasteiger charge is 2.12. The van der Waals surface area contributed by atoms with E-state index in [1.165, 1.54) is 0 Å². The van der Waals surface area contributed by atoms with Gasteiger partial charge in [0.15, 0.2) is 0 Å². The van der Waals surface area contributed by atoms with E-state index in [2.05, 4.69) is 21.1 Å². The molecule has 0 radical (unpaired) electrons. The molecular formula is C9H14ClN2+.